The molecule has 1 heterocycles. The van der Waals surface area contributed by atoms with Crippen molar-refractivity contribution in [3.05, 3.63) is 29.1 Å². The maximum atomic E-state index is 12.4. The minimum atomic E-state index is -0.487. The molecular formula is C17H26N2O4. The van der Waals surface area contributed by atoms with Crippen molar-refractivity contribution in [3.63, 3.8) is 0 Å². The first-order valence-corrected chi connectivity index (χ1v) is 7.65. The van der Waals surface area contributed by atoms with Crippen molar-refractivity contribution in [1.29, 1.82) is 0 Å². The minimum absolute atomic E-state index is 0.0951. The van der Waals surface area contributed by atoms with E-state index in [2.05, 4.69) is 10.3 Å². The van der Waals surface area contributed by atoms with Gasteiger partial charge in [0.05, 0.1) is 29.5 Å². The number of hydrogen-bond donors (Lipinski definition) is 1. The fourth-order valence-electron chi connectivity index (χ4n) is 2.11. The number of carbonyl (C=O) groups excluding carboxylic acids is 2. The number of ether oxygens (including phenoxy) is 2. The molecule has 1 rings (SSSR count). The summed E-state index contributed by atoms with van der Waals surface area (Å²) in [7, 11) is 1.62. The lowest BCUT2D eigenvalue weighted by molar-refractivity contribution is 0.0176. The van der Waals surface area contributed by atoms with E-state index in [0.29, 0.717) is 17.8 Å². The van der Waals surface area contributed by atoms with E-state index in [1.165, 1.54) is 12.3 Å². The van der Waals surface area contributed by atoms with Gasteiger partial charge in [0, 0.05) is 19.9 Å². The van der Waals surface area contributed by atoms with Crippen LogP contribution >= 0.6 is 0 Å². The van der Waals surface area contributed by atoms with Crippen molar-refractivity contribution in [1.82, 2.24) is 10.3 Å². The predicted octanol–water partition coefficient (Wildman–Crippen LogP) is 2.36. The Hall–Kier alpha value is -1.95. The van der Waals surface area contributed by atoms with Gasteiger partial charge in [-0.1, -0.05) is 20.8 Å². The number of esters is 1. The molecule has 1 aromatic heterocycles. The molecule has 128 valence electrons. The molecule has 1 N–H and O–H groups in total. The van der Waals surface area contributed by atoms with Crippen LogP contribution in [0.2, 0.25) is 0 Å². The smallest absolute Gasteiger partial charge is 0.339 e. The van der Waals surface area contributed by atoms with Crippen LogP contribution in [0.1, 0.15) is 54.1 Å². The molecule has 6 nitrogen and oxygen atoms in total. The second kappa shape index (κ2) is 8.06. The summed E-state index contributed by atoms with van der Waals surface area (Å²) in [6.45, 7) is 10.2. The highest BCUT2D eigenvalue weighted by atomic mass is 16.5. The van der Waals surface area contributed by atoms with Crippen LogP contribution in [0.15, 0.2) is 12.3 Å². The molecule has 6 heteroatoms. The van der Waals surface area contributed by atoms with Crippen LogP contribution in [0, 0.1) is 12.3 Å². The third-order valence-electron chi connectivity index (χ3n) is 3.54. The number of aryl methyl sites for hydroxylation is 1. The lowest BCUT2D eigenvalue weighted by Gasteiger charge is -2.29. The Morgan fingerprint density at radius 1 is 1.35 bits per heavy atom. The van der Waals surface area contributed by atoms with E-state index in [4.69, 9.17) is 9.47 Å². The van der Waals surface area contributed by atoms with Gasteiger partial charge in [0.25, 0.3) is 5.91 Å². The molecule has 0 aromatic carbocycles. The molecule has 0 saturated heterocycles. The third-order valence-corrected chi connectivity index (χ3v) is 3.54. The first-order valence-electron chi connectivity index (χ1n) is 7.65. The van der Waals surface area contributed by atoms with Crippen LogP contribution < -0.4 is 5.32 Å². The Morgan fingerprint density at radius 2 is 2.00 bits per heavy atom. The number of rotatable bonds is 6. The second-order valence-corrected chi connectivity index (χ2v) is 6.38. The zero-order valence-corrected chi connectivity index (χ0v) is 14.7. The lowest BCUT2D eigenvalue weighted by Crippen LogP contribution is -2.40. The fourth-order valence-corrected chi connectivity index (χ4v) is 2.11. The van der Waals surface area contributed by atoms with E-state index in [1.54, 1.807) is 21.0 Å². The maximum absolute atomic E-state index is 12.4. The minimum Gasteiger partial charge on any atom is -0.462 e. The largest absolute Gasteiger partial charge is 0.462 e. The van der Waals surface area contributed by atoms with E-state index in [1.807, 2.05) is 20.8 Å². The number of methoxy groups -OCH3 is 1. The Morgan fingerprint density at radius 3 is 2.52 bits per heavy atom. The van der Waals surface area contributed by atoms with Crippen LogP contribution in [0.4, 0.5) is 0 Å². The number of amides is 1. The molecule has 0 saturated carbocycles. The van der Waals surface area contributed by atoms with Gasteiger partial charge in [0.1, 0.15) is 0 Å². The quantitative estimate of drug-likeness (QED) is 0.814. The molecule has 1 amide bonds. The normalized spacial score (nSPS) is 12.6. The monoisotopic (exact) mass is 322 g/mol. The summed E-state index contributed by atoms with van der Waals surface area (Å²) < 4.78 is 10.4. The van der Waals surface area contributed by atoms with Gasteiger partial charge < -0.3 is 14.8 Å². The topological polar surface area (TPSA) is 77.5 Å². The number of nitrogens with one attached hydrogen (secondary N) is 1. The highest BCUT2D eigenvalue weighted by Crippen LogP contribution is 2.21. The summed E-state index contributed by atoms with van der Waals surface area (Å²) in [4.78, 5) is 28.3. The van der Waals surface area contributed by atoms with Crippen LogP contribution in [0.5, 0.6) is 0 Å². The van der Waals surface area contributed by atoms with Crippen molar-refractivity contribution >= 4 is 11.9 Å². The molecule has 0 aliphatic heterocycles. The Bertz CT molecular complexity index is 564. The zero-order chi connectivity index (χ0) is 17.6. The second-order valence-electron chi connectivity index (χ2n) is 6.38. The van der Waals surface area contributed by atoms with Crippen molar-refractivity contribution in [2.75, 3.05) is 20.3 Å². The molecule has 23 heavy (non-hydrogen) atoms. The first-order chi connectivity index (χ1) is 10.7. The summed E-state index contributed by atoms with van der Waals surface area (Å²) in [5.41, 5.74) is 1.09. The fraction of sp³-hybridized carbons (Fsp3) is 0.588. The highest BCUT2D eigenvalue weighted by Gasteiger charge is 2.25. The Labute approximate surface area is 137 Å². The summed E-state index contributed by atoms with van der Waals surface area (Å²) in [6.07, 6.45) is 1.30. The van der Waals surface area contributed by atoms with E-state index in [0.717, 1.165) is 0 Å². The van der Waals surface area contributed by atoms with Gasteiger partial charge in [-0.25, -0.2) is 4.79 Å². The van der Waals surface area contributed by atoms with Crippen molar-refractivity contribution in [2.45, 2.75) is 40.7 Å². The van der Waals surface area contributed by atoms with Crippen molar-refractivity contribution in [3.8, 4) is 0 Å². The lowest BCUT2D eigenvalue weighted by atomic mass is 9.89. The SMILES string of the molecule is CCOC(=O)c1cnc(C)c(C(=O)NC[C@@H](OC)C(C)(C)C)c1. The van der Waals surface area contributed by atoms with Gasteiger partial charge in [-0.05, 0) is 25.3 Å². The summed E-state index contributed by atoms with van der Waals surface area (Å²) in [6, 6.07) is 1.51. The highest BCUT2D eigenvalue weighted by molar-refractivity contribution is 5.98. The molecule has 0 radical (unpaired) electrons. The van der Waals surface area contributed by atoms with Crippen LogP contribution in [0.25, 0.3) is 0 Å². The van der Waals surface area contributed by atoms with Gasteiger partial charge in [0.15, 0.2) is 0 Å². The van der Waals surface area contributed by atoms with E-state index in [-0.39, 0.29) is 29.6 Å². The van der Waals surface area contributed by atoms with Gasteiger partial charge >= 0.3 is 5.97 Å². The number of carbonyl (C=O) groups is 2. The molecule has 0 aliphatic rings. The Balaban J connectivity index is 2.87. The van der Waals surface area contributed by atoms with Crippen molar-refractivity contribution in [2.24, 2.45) is 5.41 Å². The van der Waals surface area contributed by atoms with Crippen LogP contribution in [-0.4, -0.2) is 43.2 Å². The van der Waals surface area contributed by atoms with Gasteiger partial charge in [0.2, 0.25) is 0 Å². The maximum Gasteiger partial charge on any atom is 0.339 e. The molecule has 0 unspecified atom stereocenters. The molecule has 0 aliphatic carbocycles. The number of aromatic nitrogens is 1. The molecule has 0 bridgehead atoms. The number of nitrogens with zero attached hydrogens (tertiary/aromatic N) is 1. The standard InChI is InChI=1S/C17H26N2O4/c1-7-23-16(21)12-8-13(11(2)18-9-12)15(20)19-10-14(22-6)17(3,4)5/h8-9,14H,7,10H2,1-6H3,(H,19,20)/t14-/m1/s1. The molecule has 1 aromatic rings. The third kappa shape index (κ3) is 5.32. The van der Waals surface area contributed by atoms with Crippen molar-refractivity contribution < 1.29 is 19.1 Å². The molecular weight excluding hydrogens is 296 g/mol. The summed E-state index contributed by atoms with van der Waals surface area (Å²) >= 11 is 0. The number of pyridine rings is 1. The van der Waals surface area contributed by atoms with E-state index >= 15 is 0 Å². The van der Waals surface area contributed by atoms with Crippen LogP contribution in [-0.2, 0) is 9.47 Å². The zero-order valence-electron chi connectivity index (χ0n) is 14.7. The summed E-state index contributed by atoms with van der Waals surface area (Å²) in [5, 5.41) is 2.84. The van der Waals surface area contributed by atoms with Gasteiger partial charge in [-0.15, -0.1) is 0 Å². The average Bonchev–Trinajstić information content (AvgIpc) is 2.46. The van der Waals surface area contributed by atoms with E-state index in [9.17, 15) is 9.59 Å². The van der Waals surface area contributed by atoms with Crippen LogP contribution in [0.3, 0.4) is 0 Å². The molecule has 0 spiro atoms. The average molecular weight is 322 g/mol. The van der Waals surface area contributed by atoms with E-state index < -0.39 is 5.97 Å². The molecule has 1 atom stereocenters. The molecule has 0 fully saturated rings. The number of hydrogen-bond acceptors (Lipinski definition) is 5. The first kappa shape index (κ1) is 19.1. The summed E-state index contributed by atoms with van der Waals surface area (Å²) in [5.74, 6) is -0.772. The van der Waals surface area contributed by atoms with Gasteiger partial charge in [-0.3, -0.25) is 9.78 Å². The Kier molecular flexibility index (Phi) is 6.69. The predicted molar refractivity (Wildman–Crippen MR) is 87.5 cm³/mol. The van der Waals surface area contributed by atoms with Gasteiger partial charge in [-0.2, -0.15) is 0 Å².